The zero-order chi connectivity index (χ0) is 9.10. The fraction of sp³-hybridized carbons (Fsp3) is 1.00. The number of nitrogens with zero attached hydrogens (tertiary/aromatic N) is 1. The van der Waals surface area contributed by atoms with Crippen LogP contribution >= 0.6 is 0 Å². The van der Waals surface area contributed by atoms with Gasteiger partial charge in [0.1, 0.15) is 6.67 Å². The molecule has 0 aromatic heterocycles. The van der Waals surface area contributed by atoms with Gasteiger partial charge in [-0.15, -0.1) is 0 Å². The van der Waals surface area contributed by atoms with E-state index < -0.39 is 0 Å². The van der Waals surface area contributed by atoms with E-state index in [4.69, 9.17) is 0 Å². The summed E-state index contributed by atoms with van der Waals surface area (Å²) in [7, 11) is 0. The van der Waals surface area contributed by atoms with E-state index in [1.807, 2.05) is 0 Å². The first kappa shape index (κ1) is 9.41. The van der Waals surface area contributed by atoms with Crippen LogP contribution < -0.4 is 5.32 Å². The van der Waals surface area contributed by atoms with E-state index >= 15 is 0 Å². The summed E-state index contributed by atoms with van der Waals surface area (Å²) >= 11 is 0. The molecule has 2 unspecified atom stereocenters. The number of alkyl halides is 1. The van der Waals surface area contributed by atoms with Gasteiger partial charge < -0.3 is 5.32 Å². The van der Waals surface area contributed by atoms with Crippen LogP contribution in [0.2, 0.25) is 0 Å². The van der Waals surface area contributed by atoms with Gasteiger partial charge in [0.15, 0.2) is 0 Å². The molecule has 0 radical (unpaired) electrons. The molecule has 2 aliphatic rings. The van der Waals surface area contributed by atoms with Gasteiger partial charge in [-0.05, 0) is 25.8 Å². The van der Waals surface area contributed by atoms with Crippen molar-refractivity contribution < 1.29 is 4.39 Å². The highest BCUT2D eigenvalue weighted by Gasteiger charge is 2.34. The Bertz CT molecular complexity index is 163. The van der Waals surface area contributed by atoms with E-state index in [2.05, 4.69) is 10.2 Å². The number of rotatable bonds is 3. The van der Waals surface area contributed by atoms with Crippen molar-refractivity contribution in [1.82, 2.24) is 10.2 Å². The lowest BCUT2D eigenvalue weighted by Gasteiger charge is -2.32. The van der Waals surface area contributed by atoms with Gasteiger partial charge in [-0.2, -0.15) is 0 Å². The smallest absolute Gasteiger partial charge is 0.102 e. The number of piperidine rings is 1. The highest BCUT2D eigenvalue weighted by atomic mass is 19.1. The second-order valence-electron chi connectivity index (χ2n) is 4.14. The summed E-state index contributed by atoms with van der Waals surface area (Å²) in [6, 6.07) is 1.27. The third-order valence-electron chi connectivity index (χ3n) is 3.36. The fourth-order valence-corrected chi connectivity index (χ4v) is 2.73. The summed E-state index contributed by atoms with van der Waals surface area (Å²) in [6.07, 6.45) is 5.23. The van der Waals surface area contributed by atoms with Crippen molar-refractivity contribution in [2.45, 2.75) is 37.8 Å². The van der Waals surface area contributed by atoms with Crippen LogP contribution in [0.25, 0.3) is 0 Å². The van der Waals surface area contributed by atoms with Gasteiger partial charge in [0.2, 0.25) is 0 Å². The van der Waals surface area contributed by atoms with Gasteiger partial charge in [0.25, 0.3) is 0 Å². The number of halogens is 1. The van der Waals surface area contributed by atoms with E-state index in [1.165, 1.54) is 38.8 Å². The minimum Gasteiger partial charge on any atom is -0.310 e. The number of hydrogen-bond acceptors (Lipinski definition) is 2. The Morgan fingerprint density at radius 2 is 2.15 bits per heavy atom. The van der Waals surface area contributed by atoms with Crippen molar-refractivity contribution in [3.05, 3.63) is 0 Å². The van der Waals surface area contributed by atoms with Crippen LogP contribution in [0.15, 0.2) is 0 Å². The van der Waals surface area contributed by atoms with Gasteiger partial charge in [0, 0.05) is 25.2 Å². The minimum absolute atomic E-state index is 0.233. The molecule has 0 aromatic rings. The van der Waals surface area contributed by atoms with Crippen LogP contribution in [0.4, 0.5) is 4.39 Å². The van der Waals surface area contributed by atoms with Crippen molar-refractivity contribution in [1.29, 1.82) is 0 Å². The minimum atomic E-state index is -0.233. The van der Waals surface area contributed by atoms with Crippen molar-refractivity contribution in [3.63, 3.8) is 0 Å². The summed E-state index contributed by atoms with van der Waals surface area (Å²) in [5.74, 6) is 0. The summed E-state index contributed by atoms with van der Waals surface area (Å²) in [5.41, 5.74) is 0. The molecule has 1 N–H and O–H groups in total. The van der Waals surface area contributed by atoms with E-state index in [9.17, 15) is 4.39 Å². The van der Waals surface area contributed by atoms with Gasteiger partial charge in [-0.1, -0.05) is 6.42 Å². The van der Waals surface area contributed by atoms with E-state index in [-0.39, 0.29) is 6.67 Å². The second-order valence-corrected chi connectivity index (χ2v) is 4.14. The first-order valence-electron chi connectivity index (χ1n) is 5.45. The molecule has 2 rings (SSSR count). The number of fused-ring (bicyclic) bond motifs is 1. The summed E-state index contributed by atoms with van der Waals surface area (Å²) in [5, 5.41) is 3.31. The average molecular weight is 186 g/mol. The van der Waals surface area contributed by atoms with Crippen LogP contribution in [0.1, 0.15) is 25.7 Å². The standard InChI is InChI=1S/C10H19FN2/c11-5-6-12-9-4-8-13-7-2-1-3-10(9)13/h9-10,12H,1-8H2. The molecule has 2 aliphatic heterocycles. The zero-order valence-corrected chi connectivity index (χ0v) is 8.14. The monoisotopic (exact) mass is 186 g/mol. The first-order chi connectivity index (χ1) is 6.42. The predicted molar refractivity (Wildman–Crippen MR) is 51.6 cm³/mol. The summed E-state index contributed by atoms with van der Waals surface area (Å²) in [4.78, 5) is 2.57. The normalized spacial score (nSPS) is 34.8. The maximum absolute atomic E-state index is 12.0. The average Bonchev–Trinajstić information content (AvgIpc) is 2.58. The third-order valence-corrected chi connectivity index (χ3v) is 3.36. The molecule has 0 amide bonds. The van der Waals surface area contributed by atoms with Gasteiger partial charge in [0.05, 0.1) is 0 Å². The Morgan fingerprint density at radius 3 is 3.00 bits per heavy atom. The molecule has 2 saturated heterocycles. The fourth-order valence-electron chi connectivity index (χ4n) is 2.73. The molecule has 13 heavy (non-hydrogen) atoms. The maximum atomic E-state index is 12.0. The summed E-state index contributed by atoms with van der Waals surface area (Å²) in [6.45, 7) is 2.78. The van der Waals surface area contributed by atoms with Crippen LogP contribution in [0.3, 0.4) is 0 Å². The Labute approximate surface area is 79.5 Å². The number of nitrogens with one attached hydrogen (secondary N) is 1. The molecular weight excluding hydrogens is 167 g/mol. The Morgan fingerprint density at radius 1 is 1.23 bits per heavy atom. The predicted octanol–water partition coefficient (Wildman–Crippen LogP) is 1.17. The molecule has 76 valence electrons. The topological polar surface area (TPSA) is 15.3 Å². The largest absolute Gasteiger partial charge is 0.310 e. The molecular formula is C10H19FN2. The zero-order valence-electron chi connectivity index (χ0n) is 8.14. The lowest BCUT2D eigenvalue weighted by molar-refractivity contribution is 0.180. The molecule has 0 aromatic carbocycles. The lowest BCUT2D eigenvalue weighted by atomic mass is 9.99. The molecule has 2 fully saturated rings. The van der Waals surface area contributed by atoms with Crippen molar-refractivity contribution in [2.24, 2.45) is 0 Å². The second kappa shape index (κ2) is 4.38. The van der Waals surface area contributed by atoms with Crippen LogP contribution in [-0.2, 0) is 0 Å². The van der Waals surface area contributed by atoms with E-state index in [1.54, 1.807) is 0 Å². The SMILES string of the molecule is FCCNC1CCN2CCCCC12. The number of hydrogen-bond donors (Lipinski definition) is 1. The van der Waals surface area contributed by atoms with Crippen LogP contribution in [-0.4, -0.2) is 43.3 Å². The Hall–Kier alpha value is -0.150. The highest BCUT2D eigenvalue weighted by molar-refractivity contribution is 4.93. The lowest BCUT2D eigenvalue weighted by Crippen LogP contribution is -2.45. The van der Waals surface area contributed by atoms with Gasteiger partial charge in [-0.25, -0.2) is 4.39 Å². The Balaban J connectivity index is 1.84. The first-order valence-corrected chi connectivity index (χ1v) is 5.45. The quantitative estimate of drug-likeness (QED) is 0.712. The van der Waals surface area contributed by atoms with Crippen LogP contribution in [0, 0.1) is 0 Å². The van der Waals surface area contributed by atoms with Gasteiger partial charge in [-0.3, -0.25) is 4.90 Å². The van der Waals surface area contributed by atoms with Crippen molar-refractivity contribution in [3.8, 4) is 0 Å². The van der Waals surface area contributed by atoms with Crippen molar-refractivity contribution in [2.75, 3.05) is 26.3 Å². The molecule has 2 nitrogen and oxygen atoms in total. The third kappa shape index (κ3) is 2.02. The molecule has 2 atom stereocenters. The van der Waals surface area contributed by atoms with Crippen molar-refractivity contribution >= 4 is 0 Å². The van der Waals surface area contributed by atoms with E-state index in [0.29, 0.717) is 18.6 Å². The molecule has 0 spiro atoms. The maximum Gasteiger partial charge on any atom is 0.102 e. The molecule has 0 saturated carbocycles. The molecule has 2 heterocycles. The molecule has 0 aliphatic carbocycles. The highest BCUT2D eigenvalue weighted by Crippen LogP contribution is 2.26. The summed E-state index contributed by atoms with van der Waals surface area (Å²) < 4.78 is 12.0. The molecule has 0 bridgehead atoms. The molecule has 3 heteroatoms. The van der Waals surface area contributed by atoms with Gasteiger partial charge >= 0.3 is 0 Å². The van der Waals surface area contributed by atoms with Crippen LogP contribution in [0.5, 0.6) is 0 Å². The van der Waals surface area contributed by atoms with E-state index in [0.717, 1.165) is 0 Å². The Kier molecular flexibility index (Phi) is 3.17.